The average Bonchev–Trinajstić information content (AvgIpc) is 3.12. The van der Waals surface area contributed by atoms with Gasteiger partial charge < -0.3 is 19.2 Å². The van der Waals surface area contributed by atoms with Gasteiger partial charge in [-0.2, -0.15) is 5.48 Å². The van der Waals surface area contributed by atoms with Gasteiger partial charge in [-0.3, -0.25) is 9.69 Å². The van der Waals surface area contributed by atoms with E-state index in [2.05, 4.69) is 63.7 Å². The van der Waals surface area contributed by atoms with Crippen LogP contribution in [0, 0.1) is 0 Å². The Morgan fingerprint density at radius 1 is 0.569 bits per heavy atom. The first kappa shape index (κ1) is 49.6. The van der Waals surface area contributed by atoms with Crippen molar-refractivity contribution in [2.75, 3.05) is 39.3 Å². The van der Waals surface area contributed by atoms with E-state index in [-0.39, 0.29) is 18.1 Å². The number of hydrogen-bond acceptors (Lipinski definition) is 8. The monoisotopic (exact) mass is 726 g/mol. The topological polar surface area (TPSA) is 80.3 Å². The van der Waals surface area contributed by atoms with Crippen LogP contribution in [0.3, 0.4) is 0 Å². The van der Waals surface area contributed by atoms with Crippen molar-refractivity contribution in [3.8, 4) is 0 Å². The maximum absolute atomic E-state index is 12.6. The van der Waals surface area contributed by atoms with Crippen molar-refractivity contribution in [1.29, 1.82) is 0 Å². The lowest BCUT2D eigenvalue weighted by Gasteiger charge is -2.29. The van der Waals surface area contributed by atoms with E-state index in [1.165, 1.54) is 83.5 Å². The van der Waals surface area contributed by atoms with Gasteiger partial charge in [0, 0.05) is 38.1 Å². The van der Waals surface area contributed by atoms with Gasteiger partial charge in [0.2, 0.25) is 0 Å². The molecule has 0 aromatic rings. The summed E-state index contributed by atoms with van der Waals surface area (Å²) in [6.07, 6.45) is 27.6. The molecular formula is C43H87N3O5. The number of unbranched alkanes of at least 4 members (excludes halogenated alkanes) is 16. The second kappa shape index (κ2) is 37.0. The SMILES string of the molecule is CCCCCCCC(CCCCCCC)NOC(=O)CCCCCCCCC(CCCCCC)OC(=O)OCCN(CCN(CC)CC)C(C)C. The van der Waals surface area contributed by atoms with Gasteiger partial charge in [0.05, 0.1) is 0 Å². The molecule has 0 bridgehead atoms. The molecule has 0 spiro atoms. The molecule has 0 radical (unpaired) electrons. The van der Waals surface area contributed by atoms with E-state index in [0.29, 0.717) is 19.1 Å². The highest BCUT2D eigenvalue weighted by atomic mass is 16.7. The third-order valence-electron chi connectivity index (χ3n) is 10.4. The van der Waals surface area contributed by atoms with E-state index in [4.69, 9.17) is 14.3 Å². The molecule has 0 aliphatic rings. The summed E-state index contributed by atoms with van der Waals surface area (Å²) in [5.74, 6) is -0.122. The lowest BCUT2D eigenvalue weighted by Crippen LogP contribution is -2.40. The maximum atomic E-state index is 12.6. The molecular weight excluding hydrogens is 638 g/mol. The van der Waals surface area contributed by atoms with Gasteiger partial charge in [-0.25, -0.2) is 4.79 Å². The van der Waals surface area contributed by atoms with Crippen LogP contribution >= 0.6 is 0 Å². The lowest BCUT2D eigenvalue weighted by molar-refractivity contribution is -0.153. The third-order valence-corrected chi connectivity index (χ3v) is 10.4. The minimum absolute atomic E-state index is 0.0722. The number of hydroxylamine groups is 1. The molecule has 1 unspecified atom stereocenters. The Morgan fingerprint density at radius 2 is 1.04 bits per heavy atom. The van der Waals surface area contributed by atoms with Crippen LogP contribution in [0.5, 0.6) is 0 Å². The van der Waals surface area contributed by atoms with Crippen molar-refractivity contribution in [2.24, 2.45) is 0 Å². The van der Waals surface area contributed by atoms with Crippen LogP contribution in [0.15, 0.2) is 0 Å². The predicted octanol–water partition coefficient (Wildman–Crippen LogP) is 11.8. The molecule has 0 saturated heterocycles. The van der Waals surface area contributed by atoms with E-state index in [9.17, 15) is 9.59 Å². The van der Waals surface area contributed by atoms with E-state index in [1.54, 1.807) is 0 Å². The molecule has 0 aliphatic carbocycles. The first-order valence-corrected chi connectivity index (χ1v) is 22.1. The molecule has 0 fully saturated rings. The lowest BCUT2D eigenvalue weighted by atomic mass is 10.0. The summed E-state index contributed by atoms with van der Waals surface area (Å²) >= 11 is 0. The summed E-state index contributed by atoms with van der Waals surface area (Å²) in [7, 11) is 0. The highest BCUT2D eigenvalue weighted by Crippen LogP contribution is 2.18. The second-order valence-electron chi connectivity index (χ2n) is 15.2. The molecule has 0 aliphatic heterocycles. The smallest absolute Gasteiger partial charge is 0.433 e. The Morgan fingerprint density at radius 3 is 1.55 bits per heavy atom. The largest absolute Gasteiger partial charge is 0.508 e. The number of nitrogens with one attached hydrogen (secondary N) is 1. The van der Waals surface area contributed by atoms with Crippen molar-refractivity contribution in [3.63, 3.8) is 0 Å². The fraction of sp³-hybridized carbons (Fsp3) is 0.953. The Kier molecular flexibility index (Phi) is 36.0. The van der Waals surface area contributed by atoms with Crippen LogP contribution in [0.4, 0.5) is 4.79 Å². The van der Waals surface area contributed by atoms with Gasteiger partial charge in [-0.1, -0.05) is 144 Å². The zero-order chi connectivity index (χ0) is 37.8. The van der Waals surface area contributed by atoms with Crippen LogP contribution in [0.1, 0.15) is 209 Å². The zero-order valence-corrected chi connectivity index (χ0v) is 35.1. The molecule has 8 nitrogen and oxygen atoms in total. The summed E-state index contributed by atoms with van der Waals surface area (Å²) in [6, 6.07) is 0.681. The van der Waals surface area contributed by atoms with Crippen LogP contribution < -0.4 is 5.48 Å². The Balaban J connectivity index is 4.38. The predicted molar refractivity (Wildman–Crippen MR) is 216 cm³/mol. The number of hydrogen-bond donors (Lipinski definition) is 1. The fourth-order valence-corrected chi connectivity index (χ4v) is 6.71. The van der Waals surface area contributed by atoms with E-state index < -0.39 is 6.16 Å². The maximum Gasteiger partial charge on any atom is 0.508 e. The van der Waals surface area contributed by atoms with E-state index in [1.807, 2.05) is 0 Å². The van der Waals surface area contributed by atoms with Gasteiger partial charge in [0.25, 0.3) is 0 Å². The highest BCUT2D eigenvalue weighted by molar-refractivity contribution is 5.68. The molecule has 51 heavy (non-hydrogen) atoms. The van der Waals surface area contributed by atoms with Crippen LogP contribution in [-0.4, -0.2) is 79.4 Å². The van der Waals surface area contributed by atoms with Crippen molar-refractivity contribution in [3.05, 3.63) is 0 Å². The molecule has 0 heterocycles. The van der Waals surface area contributed by atoms with Gasteiger partial charge in [0.1, 0.15) is 12.7 Å². The normalized spacial score (nSPS) is 12.4. The Bertz CT molecular complexity index is 750. The standard InChI is InChI=1S/C43H87N3O5/c1-8-13-16-21-25-30-40(31-26-22-17-14-9-2)44-51-42(47)34-29-24-20-19-23-28-33-41(32-27-18-15-10-3)50-43(48)49-38-37-46(39(6)7)36-35-45(11-4)12-5/h39-41,44H,8-38H2,1-7H3. The molecule has 0 amide bonds. The van der Waals surface area contributed by atoms with Gasteiger partial charge >= 0.3 is 12.1 Å². The number of rotatable bonds is 38. The zero-order valence-electron chi connectivity index (χ0n) is 35.1. The van der Waals surface area contributed by atoms with Crippen LogP contribution in [0.2, 0.25) is 0 Å². The minimum Gasteiger partial charge on any atom is -0.433 e. The van der Waals surface area contributed by atoms with Crippen molar-refractivity contribution < 1.29 is 23.9 Å². The Hall–Kier alpha value is -1.38. The number of ether oxygens (including phenoxy) is 2. The quantitative estimate of drug-likeness (QED) is 0.0383. The van der Waals surface area contributed by atoms with E-state index in [0.717, 1.165) is 103 Å². The Labute approximate surface area is 317 Å². The molecule has 0 aromatic carbocycles. The van der Waals surface area contributed by atoms with E-state index >= 15 is 0 Å². The van der Waals surface area contributed by atoms with Gasteiger partial charge in [-0.05, 0) is 71.9 Å². The van der Waals surface area contributed by atoms with Crippen LogP contribution in [0.25, 0.3) is 0 Å². The van der Waals surface area contributed by atoms with Crippen molar-refractivity contribution >= 4 is 12.1 Å². The second-order valence-corrected chi connectivity index (χ2v) is 15.2. The molecule has 8 heteroatoms. The molecule has 1 atom stereocenters. The summed E-state index contributed by atoms with van der Waals surface area (Å²) in [4.78, 5) is 35.5. The van der Waals surface area contributed by atoms with Crippen LogP contribution in [-0.2, 0) is 19.1 Å². The molecule has 304 valence electrons. The third kappa shape index (κ3) is 31.8. The summed E-state index contributed by atoms with van der Waals surface area (Å²) < 4.78 is 11.4. The number of carbonyl (C=O) groups is 2. The average molecular weight is 726 g/mol. The molecule has 0 rings (SSSR count). The first-order chi connectivity index (χ1) is 24.8. The van der Waals surface area contributed by atoms with Gasteiger partial charge in [-0.15, -0.1) is 0 Å². The summed E-state index contributed by atoms with van der Waals surface area (Å²) in [6.45, 7) is 20.7. The fourth-order valence-electron chi connectivity index (χ4n) is 6.71. The molecule has 0 saturated carbocycles. The summed E-state index contributed by atoms with van der Waals surface area (Å²) in [5, 5.41) is 0. The van der Waals surface area contributed by atoms with Crippen molar-refractivity contribution in [2.45, 2.75) is 227 Å². The highest BCUT2D eigenvalue weighted by Gasteiger charge is 2.17. The first-order valence-electron chi connectivity index (χ1n) is 22.1. The minimum atomic E-state index is -0.519. The molecule has 0 aromatic heterocycles. The number of likely N-dealkylation sites (N-methyl/N-ethyl adjacent to an activating group) is 1. The number of nitrogens with zero attached hydrogens (tertiary/aromatic N) is 2. The molecule has 1 N–H and O–H groups in total. The van der Waals surface area contributed by atoms with Gasteiger partial charge in [0.15, 0.2) is 0 Å². The van der Waals surface area contributed by atoms with Crippen molar-refractivity contribution in [1.82, 2.24) is 15.3 Å². The summed E-state index contributed by atoms with van der Waals surface area (Å²) in [5.41, 5.74) is 3.15. The number of carbonyl (C=O) groups excluding carboxylic acids is 2.